The third kappa shape index (κ3) is 3.99. The molecule has 7 heteroatoms. The molecule has 1 aromatic heterocycles. The van der Waals surface area contributed by atoms with Gasteiger partial charge in [0.1, 0.15) is 6.04 Å². The molecule has 1 saturated heterocycles. The molecular formula is C19H21N3O3S. The number of amides is 2. The van der Waals surface area contributed by atoms with Crippen LogP contribution in [-0.4, -0.2) is 39.0 Å². The summed E-state index contributed by atoms with van der Waals surface area (Å²) in [5.41, 5.74) is 1.04. The molecule has 1 N–H and O–H groups in total. The fourth-order valence-electron chi connectivity index (χ4n) is 2.85. The van der Waals surface area contributed by atoms with E-state index in [4.69, 9.17) is 0 Å². The number of aryl methyl sites for hydroxylation is 1. The summed E-state index contributed by atoms with van der Waals surface area (Å²) in [6.07, 6.45) is 2.48. The number of hydrogen-bond donors (Lipinski definition) is 1. The van der Waals surface area contributed by atoms with Crippen molar-refractivity contribution in [1.29, 1.82) is 0 Å². The summed E-state index contributed by atoms with van der Waals surface area (Å²) >= 11 is 1.55. The van der Waals surface area contributed by atoms with E-state index in [-0.39, 0.29) is 17.4 Å². The smallest absolute Gasteiger partial charge is 0.255 e. The molecule has 0 aliphatic carbocycles. The van der Waals surface area contributed by atoms with Gasteiger partial charge in [-0.2, -0.15) is 0 Å². The topological polar surface area (TPSA) is 71.4 Å². The van der Waals surface area contributed by atoms with Crippen LogP contribution in [0.2, 0.25) is 0 Å². The van der Waals surface area contributed by atoms with Crippen molar-refractivity contribution in [2.45, 2.75) is 25.9 Å². The molecule has 0 spiro atoms. The van der Waals surface area contributed by atoms with Gasteiger partial charge in [-0.25, -0.2) is 0 Å². The van der Waals surface area contributed by atoms with Crippen LogP contribution in [0.1, 0.15) is 23.7 Å². The quantitative estimate of drug-likeness (QED) is 0.876. The van der Waals surface area contributed by atoms with Gasteiger partial charge in [0.25, 0.3) is 11.5 Å². The summed E-state index contributed by atoms with van der Waals surface area (Å²) in [7, 11) is 0. The second kappa shape index (κ2) is 8.23. The first kappa shape index (κ1) is 18.3. The van der Waals surface area contributed by atoms with E-state index < -0.39 is 6.04 Å². The number of carbonyl (C=O) groups is 2. The van der Waals surface area contributed by atoms with Gasteiger partial charge >= 0.3 is 0 Å². The molecule has 1 atom stereocenters. The van der Waals surface area contributed by atoms with E-state index >= 15 is 0 Å². The Kier molecular flexibility index (Phi) is 5.78. The highest BCUT2D eigenvalue weighted by Crippen LogP contribution is 2.24. The van der Waals surface area contributed by atoms with E-state index in [1.807, 2.05) is 25.1 Å². The standard InChI is InChI=1S/C19H21N3O3S/c1-2-10-21-11-15(8-9-17(21)23)20-18(24)16-12-26-13-22(16)19(25)14-6-4-3-5-7-14/h3-9,11,16H,2,10,12-13H2,1H3,(H,20,24)/t16-/m0/s1. The number of thioether (sulfide) groups is 1. The van der Waals surface area contributed by atoms with Crippen molar-refractivity contribution in [3.05, 3.63) is 64.6 Å². The first-order valence-corrected chi connectivity index (χ1v) is 9.70. The molecule has 3 rings (SSSR count). The maximum Gasteiger partial charge on any atom is 0.255 e. The Labute approximate surface area is 156 Å². The van der Waals surface area contributed by atoms with Crippen LogP contribution in [0.5, 0.6) is 0 Å². The van der Waals surface area contributed by atoms with E-state index in [1.54, 1.807) is 45.6 Å². The van der Waals surface area contributed by atoms with E-state index in [0.29, 0.717) is 29.4 Å². The molecule has 2 aromatic rings. The van der Waals surface area contributed by atoms with Gasteiger partial charge in [0.15, 0.2) is 0 Å². The SMILES string of the molecule is CCCn1cc(NC(=O)[C@@H]2CSCN2C(=O)c2ccccc2)ccc1=O. The first-order valence-electron chi connectivity index (χ1n) is 8.55. The van der Waals surface area contributed by atoms with Gasteiger partial charge in [0, 0.05) is 30.1 Å². The molecule has 136 valence electrons. The molecule has 2 amide bonds. The Morgan fingerprint density at radius 1 is 1.19 bits per heavy atom. The van der Waals surface area contributed by atoms with Crippen LogP contribution in [0, 0.1) is 0 Å². The van der Waals surface area contributed by atoms with Crippen LogP contribution >= 0.6 is 11.8 Å². The molecule has 0 bridgehead atoms. The van der Waals surface area contributed by atoms with Gasteiger partial charge in [-0.15, -0.1) is 11.8 Å². The molecule has 1 aliphatic rings. The molecular weight excluding hydrogens is 350 g/mol. The highest BCUT2D eigenvalue weighted by Gasteiger charge is 2.35. The zero-order chi connectivity index (χ0) is 18.5. The molecule has 1 aromatic carbocycles. The van der Waals surface area contributed by atoms with Gasteiger partial charge in [0.05, 0.1) is 11.6 Å². The van der Waals surface area contributed by atoms with Crippen LogP contribution in [-0.2, 0) is 11.3 Å². The number of nitrogens with zero attached hydrogens (tertiary/aromatic N) is 2. The number of aromatic nitrogens is 1. The Hall–Kier alpha value is -2.54. The minimum atomic E-state index is -0.528. The monoisotopic (exact) mass is 371 g/mol. The zero-order valence-corrected chi connectivity index (χ0v) is 15.4. The molecule has 0 saturated carbocycles. The first-order chi connectivity index (χ1) is 12.6. The van der Waals surface area contributed by atoms with E-state index in [1.165, 1.54) is 6.07 Å². The predicted octanol–water partition coefficient (Wildman–Crippen LogP) is 2.41. The van der Waals surface area contributed by atoms with Crippen molar-refractivity contribution in [3.63, 3.8) is 0 Å². The second-order valence-electron chi connectivity index (χ2n) is 6.10. The van der Waals surface area contributed by atoms with E-state index in [0.717, 1.165) is 6.42 Å². The average molecular weight is 371 g/mol. The molecule has 1 aliphatic heterocycles. The maximum atomic E-state index is 12.7. The van der Waals surface area contributed by atoms with Crippen molar-refractivity contribution in [2.24, 2.45) is 0 Å². The minimum Gasteiger partial charge on any atom is -0.323 e. The number of pyridine rings is 1. The molecule has 26 heavy (non-hydrogen) atoms. The fraction of sp³-hybridized carbons (Fsp3) is 0.316. The summed E-state index contributed by atoms with van der Waals surface area (Å²) in [6.45, 7) is 2.58. The summed E-state index contributed by atoms with van der Waals surface area (Å²) < 4.78 is 1.58. The van der Waals surface area contributed by atoms with Gasteiger partial charge in [0.2, 0.25) is 5.91 Å². The molecule has 0 radical (unpaired) electrons. The van der Waals surface area contributed by atoms with Crippen molar-refractivity contribution in [1.82, 2.24) is 9.47 Å². The Balaban J connectivity index is 1.74. The largest absolute Gasteiger partial charge is 0.323 e. The highest BCUT2D eigenvalue weighted by molar-refractivity contribution is 7.99. The van der Waals surface area contributed by atoms with Gasteiger partial charge in [-0.3, -0.25) is 14.4 Å². The lowest BCUT2D eigenvalue weighted by molar-refractivity contribution is -0.119. The van der Waals surface area contributed by atoms with Crippen LogP contribution < -0.4 is 10.9 Å². The van der Waals surface area contributed by atoms with Gasteiger partial charge < -0.3 is 14.8 Å². The maximum absolute atomic E-state index is 12.7. The summed E-state index contributed by atoms with van der Waals surface area (Å²) in [5.74, 6) is 0.660. The normalized spacial score (nSPS) is 16.5. The van der Waals surface area contributed by atoms with Gasteiger partial charge in [-0.05, 0) is 24.6 Å². The summed E-state index contributed by atoms with van der Waals surface area (Å²) in [5, 5.41) is 2.84. The zero-order valence-electron chi connectivity index (χ0n) is 14.6. The third-order valence-corrected chi connectivity index (χ3v) is 5.19. The summed E-state index contributed by atoms with van der Waals surface area (Å²) in [6, 6.07) is 11.5. The lowest BCUT2D eigenvalue weighted by atomic mass is 10.1. The Bertz CT molecular complexity index is 851. The Morgan fingerprint density at radius 2 is 1.96 bits per heavy atom. The minimum absolute atomic E-state index is 0.0952. The molecule has 6 nitrogen and oxygen atoms in total. The van der Waals surface area contributed by atoms with Crippen LogP contribution in [0.4, 0.5) is 5.69 Å². The van der Waals surface area contributed by atoms with Crippen LogP contribution in [0.15, 0.2) is 53.5 Å². The Morgan fingerprint density at radius 3 is 2.69 bits per heavy atom. The third-order valence-electron chi connectivity index (χ3n) is 4.18. The van der Waals surface area contributed by atoms with Gasteiger partial charge in [-0.1, -0.05) is 25.1 Å². The van der Waals surface area contributed by atoms with Crippen molar-refractivity contribution >= 4 is 29.3 Å². The van der Waals surface area contributed by atoms with Crippen molar-refractivity contribution in [2.75, 3.05) is 16.9 Å². The average Bonchev–Trinajstić information content (AvgIpc) is 3.15. The van der Waals surface area contributed by atoms with Crippen LogP contribution in [0.3, 0.4) is 0 Å². The number of benzene rings is 1. The molecule has 0 unspecified atom stereocenters. The lowest BCUT2D eigenvalue weighted by Gasteiger charge is -2.23. The highest BCUT2D eigenvalue weighted by atomic mass is 32.2. The number of rotatable bonds is 5. The van der Waals surface area contributed by atoms with Crippen molar-refractivity contribution < 1.29 is 9.59 Å². The number of anilines is 1. The summed E-state index contributed by atoms with van der Waals surface area (Å²) in [4.78, 5) is 38.8. The predicted molar refractivity (Wildman–Crippen MR) is 103 cm³/mol. The lowest BCUT2D eigenvalue weighted by Crippen LogP contribution is -2.44. The fourth-order valence-corrected chi connectivity index (χ4v) is 4.01. The molecule has 1 fully saturated rings. The second-order valence-corrected chi connectivity index (χ2v) is 7.10. The van der Waals surface area contributed by atoms with E-state index in [9.17, 15) is 14.4 Å². The van der Waals surface area contributed by atoms with E-state index in [2.05, 4.69) is 5.32 Å². The molecule has 2 heterocycles. The van der Waals surface area contributed by atoms with Crippen molar-refractivity contribution in [3.8, 4) is 0 Å². The number of nitrogens with one attached hydrogen (secondary N) is 1. The number of hydrogen-bond acceptors (Lipinski definition) is 4. The van der Waals surface area contributed by atoms with Crippen LogP contribution in [0.25, 0.3) is 0 Å². The number of carbonyl (C=O) groups excluding carboxylic acids is 2.